The van der Waals surface area contributed by atoms with Crippen molar-refractivity contribution in [2.45, 2.75) is 52.5 Å². The van der Waals surface area contributed by atoms with Crippen LogP contribution in [0.4, 0.5) is 0 Å². The number of rotatable bonds is 1. The zero-order valence-electron chi connectivity index (χ0n) is 19.5. The Morgan fingerprint density at radius 2 is 1.71 bits per heavy atom. The first kappa shape index (κ1) is 23.8. The molecule has 0 saturated heterocycles. The number of carbonyl (C=O) groups excluding carboxylic acids is 1. The van der Waals surface area contributed by atoms with Crippen LogP contribution < -0.4 is 9.30 Å². The molecule has 0 spiro atoms. The van der Waals surface area contributed by atoms with Gasteiger partial charge in [0.1, 0.15) is 18.4 Å². The molecule has 0 radical (unpaired) electrons. The van der Waals surface area contributed by atoms with Gasteiger partial charge in [-0.2, -0.15) is 4.57 Å². The molecule has 2 aromatic heterocycles. The molecule has 2 bridgehead atoms. The van der Waals surface area contributed by atoms with E-state index in [0.717, 1.165) is 64.6 Å². The first-order valence-electron chi connectivity index (χ1n) is 11.9. The molecule has 178 valence electrons. The predicted molar refractivity (Wildman–Crippen MR) is 137 cm³/mol. The summed E-state index contributed by atoms with van der Waals surface area (Å²) in [5.41, 5.74) is 4.74. The number of aryl methyl sites for hydroxylation is 2. The number of benzene rings is 2. The van der Waals surface area contributed by atoms with E-state index in [1.165, 1.54) is 19.3 Å². The van der Waals surface area contributed by atoms with Crippen LogP contribution in [0.15, 0.2) is 54.7 Å². The minimum atomic E-state index is -0.259. The smallest absolute Gasteiger partial charge is 0.344 e. The summed E-state index contributed by atoms with van der Waals surface area (Å²) in [5, 5.41) is 2.11. The van der Waals surface area contributed by atoms with E-state index in [1.54, 1.807) is 7.11 Å². The number of carbonyl (C=O) groups is 1. The van der Waals surface area contributed by atoms with Crippen LogP contribution in [0.25, 0.3) is 33.1 Å². The van der Waals surface area contributed by atoms with Crippen molar-refractivity contribution >= 4 is 27.8 Å². The number of cyclic esters (lactones) is 1. The molecular formula is C29H35N2O3+. The first-order valence-corrected chi connectivity index (χ1v) is 11.9. The summed E-state index contributed by atoms with van der Waals surface area (Å²) >= 11 is 0. The molecule has 3 heterocycles. The van der Waals surface area contributed by atoms with Gasteiger partial charge in [-0.15, -0.1) is 0 Å². The molecule has 0 amide bonds. The molecule has 0 atom stereocenters. The third-order valence-corrected chi connectivity index (χ3v) is 6.78. The Morgan fingerprint density at radius 3 is 2.53 bits per heavy atom. The van der Waals surface area contributed by atoms with Gasteiger partial charge < -0.3 is 14.0 Å². The van der Waals surface area contributed by atoms with E-state index in [0.29, 0.717) is 12.2 Å². The Labute approximate surface area is 201 Å². The van der Waals surface area contributed by atoms with Crippen LogP contribution in [0.2, 0.25) is 0 Å². The lowest BCUT2D eigenvalue weighted by Gasteiger charge is -2.10. The van der Waals surface area contributed by atoms with E-state index in [9.17, 15) is 4.79 Å². The van der Waals surface area contributed by atoms with Gasteiger partial charge in [-0.3, -0.25) is 0 Å². The van der Waals surface area contributed by atoms with E-state index < -0.39 is 0 Å². The average molecular weight is 460 g/mol. The average Bonchev–Trinajstić information content (AvgIpc) is 3.19. The maximum atomic E-state index is 13.3. The van der Waals surface area contributed by atoms with Crippen LogP contribution in [0.3, 0.4) is 0 Å². The zero-order valence-corrected chi connectivity index (χ0v) is 19.5. The third-order valence-electron chi connectivity index (χ3n) is 6.78. The van der Waals surface area contributed by atoms with Gasteiger partial charge in [0, 0.05) is 35.1 Å². The Hall–Kier alpha value is -3.34. The molecule has 0 unspecified atom stereocenters. The number of hydrogen-bond acceptors (Lipinski definition) is 3. The Morgan fingerprint density at radius 1 is 0.941 bits per heavy atom. The summed E-state index contributed by atoms with van der Waals surface area (Å²) in [4.78, 5) is 13.3. The van der Waals surface area contributed by atoms with Gasteiger partial charge in [0.15, 0.2) is 0 Å². The molecule has 5 heteroatoms. The standard InChI is InChI=1S/C28H31N2O3.CH4/c1-29-25-12-8-7-11-20(25)17-23-27(29)24-19-30(26-14-13-21(32-2)18-22(24)26)15-9-5-3-4-6-10-16-33-28(23)31;/h7-8,11-14,17-19H,3-6,9-10,15-16H2,1-2H3;1H4/q+1;. The van der Waals surface area contributed by atoms with Crippen molar-refractivity contribution < 1.29 is 18.8 Å². The van der Waals surface area contributed by atoms with Crippen LogP contribution in [0, 0.1) is 0 Å². The van der Waals surface area contributed by atoms with Gasteiger partial charge in [0.25, 0.3) is 0 Å². The molecule has 1 aliphatic rings. The van der Waals surface area contributed by atoms with Gasteiger partial charge in [0.05, 0.1) is 19.3 Å². The van der Waals surface area contributed by atoms with Crippen LogP contribution in [0.5, 0.6) is 5.75 Å². The Bertz CT molecular complexity index is 1320. The highest BCUT2D eigenvalue weighted by molar-refractivity contribution is 6.04. The number of pyridine rings is 1. The van der Waals surface area contributed by atoms with Crippen LogP contribution >= 0.6 is 0 Å². The number of nitrogens with zero attached hydrogens (tertiary/aromatic N) is 2. The first-order chi connectivity index (χ1) is 16.2. The number of esters is 1. The van der Waals surface area contributed by atoms with Crippen LogP contribution in [0.1, 0.15) is 56.3 Å². The van der Waals surface area contributed by atoms with Gasteiger partial charge in [-0.25, -0.2) is 4.79 Å². The van der Waals surface area contributed by atoms with E-state index >= 15 is 0 Å². The number of methoxy groups -OCH3 is 1. The van der Waals surface area contributed by atoms with Gasteiger partial charge in [-0.05, 0) is 43.2 Å². The monoisotopic (exact) mass is 459 g/mol. The quantitative estimate of drug-likeness (QED) is 0.243. The summed E-state index contributed by atoms with van der Waals surface area (Å²) in [6.07, 6.45) is 8.96. The molecule has 0 fully saturated rings. The molecule has 0 aliphatic carbocycles. The molecule has 4 aromatic rings. The van der Waals surface area contributed by atoms with Crippen molar-refractivity contribution in [1.29, 1.82) is 0 Å². The summed E-state index contributed by atoms with van der Waals surface area (Å²) in [6.45, 7) is 1.42. The van der Waals surface area contributed by atoms with E-state index in [4.69, 9.17) is 9.47 Å². The van der Waals surface area contributed by atoms with Gasteiger partial charge >= 0.3 is 5.97 Å². The van der Waals surface area contributed by atoms with E-state index in [1.807, 2.05) is 37.4 Å². The molecule has 2 aromatic carbocycles. The second-order valence-electron chi connectivity index (χ2n) is 8.90. The third kappa shape index (κ3) is 4.39. The Balaban J connectivity index is 0.00000274. The number of ether oxygens (including phenoxy) is 2. The van der Waals surface area contributed by atoms with Gasteiger partial charge in [0.2, 0.25) is 11.2 Å². The van der Waals surface area contributed by atoms with E-state index in [-0.39, 0.29) is 13.4 Å². The maximum absolute atomic E-state index is 13.3. The van der Waals surface area contributed by atoms with Gasteiger partial charge in [-0.1, -0.05) is 45.2 Å². The van der Waals surface area contributed by atoms with Crippen LogP contribution in [-0.2, 0) is 18.3 Å². The minimum absolute atomic E-state index is 0. The SMILES string of the molecule is C.COc1ccc2c(c1)c1cn2CCCCCCCCOC(=O)c2cc3ccccc3[n+](C)c2-1. The molecule has 5 rings (SSSR count). The topological polar surface area (TPSA) is 44.3 Å². The van der Waals surface area contributed by atoms with Crippen molar-refractivity contribution in [2.75, 3.05) is 13.7 Å². The molecule has 1 aliphatic heterocycles. The van der Waals surface area contributed by atoms with E-state index in [2.05, 4.69) is 33.5 Å². The minimum Gasteiger partial charge on any atom is -0.497 e. The summed E-state index contributed by atoms with van der Waals surface area (Å²) in [5.74, 6) is 0.550. The second-order valence-corrected chi connectivity index (χ2v) is 8.90. The van der Waals surface area contributed by atoms with Crippen molar-refractivity contribution in [3.8, 4) is 17.0 Å². The van der Waals surface area contributed by atoms with Crippen LogP contribution in [-0.4, -0.2) is 24.3 Å². The normalized spacial score (nSPS) is 15.1. The maximum Gasteiger partial charge on any atom is 0.344 e. The number of para-hydroxylation sites is 1. The van der Waals surface area contributed by atoms with Crippen molar-refractivity contribution in [1.82, 2.24) is 4.57 Å². The number of aromatic nitrogens is 2. The predicted octanol–water partition coefficient (Wildman–Crippen LogP) is 6.44. The fourth-order valence-corrected chi connectivity index (χ4v) is 5.03. The number of hydrogen-bond donors (Lipinski definition) is 0. The lowest BCUT2D eigenvalue weighted by Crippen LogP contribution is -2.34. The highest BCUT2D eigenvalue weighted by Crippen LogP contribution is 2.35. The Kier molecular flexibility index (Phi) is 7.20. The summed E-state index contributed by atoms with van der Waals surface area (Å²) in [6, 6.07) is 16.4. The van der Waals surface area contributed by atoms with Crippen molar-refractivity contribution in [3.05, 3.63) is 60.3 Å². The fraction of sp³-hybridized carbons (Fsp3) is 0.379. The summed E-state index contributed by atoms with van der Waals surface area (Å²) in [7, 11) is 3.72. The highest BCUT2D eigenvalue weighted by atomic mass is 16.5. The molecule has 0 N–H and O–H groups in total. The second kappa shape index (κ2) is 10.3. The highest BCUT2D eigenvalue weighted by Gasteiger charge is 2.28. The fourth-order valence-electron chi connectivity index (χ4n) is 5.03. The lowest BCUT2D eigenvalue weighted by atomic mass is 10.0. The zero-order chi connectivity index (χ0) is 22.8. The molecular weight excluding hydrogens is 424 g/mol. The van der Waals surface area contributed by atoms with Crippen molar-refractivity contribution in [2.24, 2.45) is 7.05 Å². The number of fused-ring (bicyclic) bond motifs is 8. The summed E-state index contributed by atoms with van der Waals surface area (Å²) < 4.78 is 15.8. The molecule has 5 nitrogen and oxygen atoms in total. The molecule has 34 heavy (non-hydrogen) atoms. The van der Waals surface area contributed by atoms with Crippen molar-refractivity contribution in [3.63, 3.8) is 0 Å². The largest absolute Gasteiger partial charge is 0.497 e. The lowest BCUT2D eigenvalue weighted by molar-refractivity contribution is -0.633. The molecule has 0 saturated carbocycles.